The van der Waals surface area contributed by atoms with Crippen molar-refractivity contribution in [2.45, 2.75) is 6.92 Å². The van der Waals surface area contributed by atoms with Crippen molar-refractivity contribution in [3.8, 4) is 17.6 Å². The second kappa shape index (κ2) is 12.8. The van der Waals surface area contributed by atoms with Crippen LogP contribution in [0.5, 0.6) is 11.5 Å². The minimum atomic E-state index is -0.687. The lowest BCUT2D eigenvalue weighted by Gasteiger charge is -2.26. The van der Waals surface area contributed by atoms with E-state index in [0.717, 1.165) is 32.8 Å². The van der Waals surface area contributed by atoms with Crippen LogP contribution in [0, 0.1) is 11.3 Å². The third-order valence-electron chi connectivity index (χ3n) is 4.21. The zero-order chi connectivity index (χ0) is 20.9. The molecule has 1 aliphatic rings. The van der Waals surface area contributed by atoms with Gasteiger partial charge in [-0.25, -0.2) is 4.79 Å². The zero-order valence-electron chi connectivity index (χ0n) is 17.0. The van der Waals surface area contributed by atoms with Crippen LogP contribution >= 0.6 is 0 Å². The molecule has 2 rings (SSSR count). The van der Waals surface area contributed by atoms with E-state index < -0.39 is 5.97 Å². The van der Waals surface area contributed by atoms with Crippen molar-refractivity contribution < 1.29 is 28.5 Å². The Balaban J connectivity index is 2.02. The van der Waals surface area contributed by atoms with Crippen molar-refractivity contribution >= 4 is 12.0 Å². The third-order valence-corrected chi connectivity index (χ3v) is 4.21. The van der Waals surface area contributed by atoms with Crippen LogP contribution in [0.2, 0.25) is 0 Å². The number of esters is 1. The highest BCUT2D eigenvalue weighted by atomic mass is 16.6. The fourth-order valence-electron chi connectivity index (χ4n) is 2.71. The quantitative estimate of drug-likeness (QED) is 0.239. The molecule has 0 spiro atoms. The maximum absolute atomic E-state index is 12.0. The summed E-state index contributed by atoms with van der Waals surface area (Å²) in [6, 6.07) is 7.16. The molecule has 0 atom stereocenters. The molecule has 1 fully saturated rings. The summed E-state index contributed by atoms with van der Waals surface area (Å²) in [4.78, 5) is 14.3. The number of hydrogen-bond donors (Lipinski definition) is 0. The smallest absolute Gasteiger partial charge is 0.348 e. The third kappa shape index (κ3) is 7.74. The van der Waals surface area contributed by atoms with Gasteiger partial charge >= 0.3 is 5.97 Å². The molecular weight excluding hydrogens is 376 g/mol. The highest BCUT2D eigenvalue weighted by Gasteiger charge is 2.13. The number of methoxy groups -OCH3 is 1. The number of hydrogen-bond acceptors (Lipinski definition) is 8. The molecule has 0 saturated carbocycles. The van der Waals surface area contributed by atoms with E-state index in [0.29, 0.717) is 30.3 Å². The van der Waals surface area contributed by atoms with Gasteiger partial charge in [-0.2, -0.15) is 5.26 Å². The van der Waals surface area contributed by atoms with Crippen molar-refractivity contribution in [3.63, 3.8) is 0 Å². The number of benzene rings is 1. The second-order valence-electron chi connectivity index (χ2n) is 6.24. The maximum Gasteiger partial charge on any atom is 0.348 e. The molecule has 1 aromatic carbocycles. The van der Waals surface area contributed by atoms with Gasteiger partial charge in [-0.15, -0.1) is 0 Å². The predicted octanol–water partition coefficient (Wildman–Crippen LogP) is 1.89. The molecule has 0 radical (unpaired) electrons. The fourth-order valence-corrected chi connectivity index (χ4v) is 2.71. The van der Waals surface area contributed by atoms with E-state index in [-0.39, 0.29) is 18.8 Å². The van der Waals surface area contributed by atoms with Crippen LogP contribution in [0.25, 0.3) is 6.08 Å². The summed E-state index contributed by atoms with van der Waals surface area (Å²) in [5.41, 5.74) is 0.554. The van der Waals surface area contributed by atoms with E-state index >= 15 is 0 Å². The number of nitriles is 1. The Kier molecular flexibility index (Phi) is 10.00. The summed E-state index contributed by atoms with van der Waals surface area (Å²) >= 11 is 0. The largest absolute Gasteiger partial charge is 0.490 e. The molecule has 158 valence electrons. The van der Waals surface area contributed by atoms with Crippen molar-refractivity contribution in [2.75, 3.05) is 66.4 Å². The van der Waals surface area contributed by atoms with E-state index in [9.17, 15) is 10.1 Å². The SMILES string of the molecule is CCOc1cc(C=C(C#N)C(=O)OCCOC)ccc1OCCN1CCOCC1. The molecule has 8 nitrogen and oxygen atoms in total. The van der Waals surface area contributed by atoms with E-state index in [2.05, 4.69) is 4.90 Å². The van der Waals surface area contributed by atoms with Crippen molar-refractivity contribution in [3.05, 3.63) is 29.3 Å². The summed E-state index contributed by atoms with van der Waals surface area (Å²) < 4.78 is 26.7. The monoisotopic (exact) mass is 404 g/mol. The molecule has 0 N–H and O–H groups in total. The lowest BCUT2D eigenvalue weighted by molar-refractivity contribution is -0.139. The molecular formula is C21H28N2O6. The Bertz CT molecular complexity index is 722. The van der Waals surface area contributed by atoms with Gasteiger partial charge in [0.2, 0.25) is 0 Å². The van der Waals surface area contributed by atoms with Crippen molar-refractivity contribution in [1.82, 2.24) is 4.90 Å². The molecule has 1 aromatic rings. The van der Waals surface area contributed by atoms with Gasteiger partial charge in [-0.3, -0.25) is 4.90 Å². The minimum Gasteiger partial charge on any atom is -0.490 e. The van der Waals surface area contributed by atoms with Crippen molar-refractivity contribution in [1.29, 1.82) is 5.26 Å². The first-order chi connectivity index (χ1) is 14.2. The van der Waals surface area contributed by atoms with Gasteiger partial charge in [-0.05, 0) is 30.7 Å². The Morgan fingerprint density at radius 2 is 2.00 bits per heavy atom. The topological polar surface area (TPSA) is 90.2 Å². The molecule has 8 heteroatoms. The lowest BCUT2D eigenvalue weighted by atomic mass is 10.1. The summed E-state index contributed by atoms with van der Waals surface area (Å²) in [5.74, 6) is 0.500. The number of nitrogens with zero attached hydrogens (tertiary/aromatic N) is 2. The summed E-state index contributed by atoms with van der Waals surface area (Å²) in [6.45, 7) is 7.37. The molecule has 1 saturated heterocycles. The normalized spacial score (nSPS) is 14.9. The van der Waals surface area contributed by atoms with Gasteiger partial charge in [-0.1, -0.05) is 6.07 Å². The fraction of sp³-hybridized carbons (Fsp3) is 0.524. The first-order valence-electron chi connectivity index (χ1n) is 9.65. The predicted molar refractivity (Wildman–Crippen MR) is 107 cm³/mol. The van der Waals surface area contributed by atoms with Gasteiger partial charge < -0.3 is 23.7 Å². The molecule has 1 heterocycles. The number of rotatable bonds is 11. The zero-order valence-corrected chi connectivity index (χ0v) is 17.0. The van der Waals surface area contributed by atoms with Gasteiger partial charge in [0.05, 0.1) is 26.4 Å². The molecule has 0 bridgehead atoms. The molecule has 0 aromatic heterocycles. The van der Waals surface area contributed by atoms with Crippen LogP contribution in [0.3, 0.4) is 0 Å². The van der Waals surface area contributed by atoms with Crippen LogP contribution in [0.15, 0.2) is 23.8 Å². The Labute approximate surface area is 171 Å². The van der Waals surface area contributed by atoms with Crippen LogP contribution in [-0.2, 0) is 19.0 Å². The van der Waals surface area contributed by atoms with Gasteiger partial charge in [0, 0.05) is 26.7 Å². The maximum atomic E-state index is 12.0. The van der Waals surface area contributed by atoms with Crippen LogP contribution < -0.4 is 9.47 Å². The molecule has 0 aliphatic carbocycles. The van der Waals surface area contributed by atoms with E-state index in [1.807, 2.05) is 13.0 Å². The first-order valence-corrected chi connectivity index (χ1v) is 9.65. The van der Waals surface area contributed by atoms with Gasteiger partial charge in [0.25, 0.3) is 0 Å². The molecule has 0 unspecified atom stereocenters. The molecule has 1 aliphatic heterocycles. The molecule has 29 heavy (non-hydrogen) atoms. The van der Waals surface area contributed by atoms with Gasteiger partial charge in [0.1, 0.15) is 24.9 Å². The Morgan fingerprint density at radius 3 is 2.69 bits per heavy atom. The number of ether oxygens (including phenoxy) is 5. The standard InChI is InChI=1S/C21H28N2O6/c1-3-27-20-15-17(14-18(16-22)21(24)29-13-12-25-2)4-5-19(20)28-11-8-23-6-9-26-10-7-23/h4-5,14-15H,3,6-13H2,1-2H3. The van der Waals surface area contributed by atoms with E-state index in [1.54, 1.807) is 18.2 Å². The summed E-state index contributed by atoms with van der Waals surface area (Å²) in [6.07, 6.45) is 1.47. The van der Waals surface area contributed by atoms with Crippen LogP contribution in [0.4, 0.5) is 0 Å². The molecule has 0 amide bonds. The lowest BCUT2D eigenvalue weighted by Crippen LogP contribution is -2.38. The minimum absolute atomic E-state index is 0.0917. The van der Waals surface area contributed by atoms with Crippen molar-refractivity contribution in [2.24, 2.45) is 0 Å². The average Bonchev–Trinajstić information content (AvgIpc) is 2.74. The second-order valence-corrected chi connectivity index (χ2v) is 6.24. The average molecular weight is 404 g/mol. The Morgan fingerprint density at radius 1 is 1.21 bits per heavy atom. The number of morpholine rings is 1. The van der Waals surface area contributed by atoms with E-state index in [1.165, 1.54) is 13.2 Å². The number of carbonyl (C=O) groups is 1. The first kappa shape index (κ1) is 22.7. The van der Waals surface area contributed by atoms with E-state index in [4.69, 9.17) is 23.7 Å². The number of carbonyl (C=O) groups excluding carboxylic acids is 1. The van der Waals surface area contributed by atoms with Crippen LogP contribution in [-0.4, -0.2) is 77.3 Å². The van der Waals surface area contributed by atoms with Gasteiger partial charge in [0.15, 0.2) is 11.5 Å². The highest BCUT2D eigenvalue weighted by molar-refractivity contribution is 5.97. The summed E-state index contributed by atoms with van der Waals surface area (Å²) in [7, 11) is 1.51. The highest BCUT2D eigenvalue weighted by Crippen LogP contribution is 2.29. The van der Waals surface area contributed by atoms with Crippen LogP contribution in [0.1, 0.15) is 12.5 Å². The summed E-state index contributed by atoms with van der Waals surface area (Å²) in [5, 5.41) is 9.26. The Hall–Kier alpha value is -2.60.